The van der Waals surface area contributed by atoms with E-state index in [1.807, 2.05) is 60.8 Å². The minimum absolute atomic E-state index is 0.265. The van der Waals surface area contributed by atoms with Gasteiger partial charge in [0.15, 0.2) is 0 Å². The summed E-state index contributed by atoms with van der Waals surface area (Å²) in [4.78, 5) is 43.3. The summed E-state index contributed by atoms with van der Waals surface area (Å²) >= 11 is 0. The molecule has 1 fully saturated rings. The van der Waals surface area contributed by atoms with E-state index < -0.39 is 12.1 Å². The number of benzene rings is 2. The van der Waals surface area contributed by atoms with Crippen LogP contribution in [0.5, 0.6) is 0 Å². The minimum atomic E-state index is -0.672. The molecule has 2 N–H and O–H groups in total. The van der Waals surface area contributed by atoms with Crippen LogP contribution < -0.4 is 5.32 Å². The molecule has 29 heavy (non-hydrogen) atoms. The Balaban J connectivity index is 1.40. The Morgan fingerprint density at radius 2 is 1.79 bits per heavy atom. The predicted molar refractivity (Wildman–Crippen MR) is 109 cm³/mol. The van der Waals surface area contributed by atoms with E-state index in [1.54, 1.807) is 7.05 Å². The zero-order chi connectivity index (χ0) is 20.4. The number of carbonyl (C=O) groups is 3. The van der Waals surface area contributed by atoms with Gasteiger partial charge in [0, 0.05) is 37.1 Å². The highest BCUT2D eigenvalue weighted by Crippen LogP contribution is 2.21. The largest absolute Gasteiger partial charge is 0.361 e. The number of fused-ring (bicyclic) bond motifs is 1. The van der Waals surface area contributed by atoms with Gasteiger partial charge in [-0.25, -0.2) is 4.79 Å². The third-order valence-corrected chi connectivity index (χ3v) is 5.19. The van der Waals surface area contributed by atoms with Gasteiger partial charge in [0.2, 0.25) is 5.91 Å². The molecule has 1 saturated heterocycles. The molecule has 2 aromatic carbocycles. The smallest absolute Gasteiger partial charge is 0.325 e. The van der Waals surface area contributed by atoms with E-state index in [0.717, 1.165) is 26.9 Å². The molecule has 1 atom stereocenters. The highest BCUT2D eigenvalue weighted by molar-refractivity contribution is 6.06. The molecule has 7 heteroatoms. The number of carbonyl (C=O) groups excluding carboxylic acids is 3. The Hall–Kier alpha value is -3.61. The fourth-order valence-corrected chi connectivity index (χ4v) is 3.59. The predicted octanol–water partition coefficient (Wildman–Crippen LogP) is 2.29. The van der Waals surface area contributed by atoms with Crippen molar-refractivity contribution in [1.29, 1.82) is 0 Å². The number of imide groups is 1. The van der Waals surface area contributed by atoms with E-state index in [9.17, 15) is 14.4 Å². The Morgan fingerprint density at radius 1 is 1.07 bits per heavy atom. The summed E-state index contributed by atoms with van der Waals surface area (Å²) in [5.74, 6) is -0.660. The van der Waals surface area contributed by atoms with Crippen molar-refractivity contribution in [2.24, 2.45) is 0 Å². The summed E-state index contributed by atoms with van der Waals surface area (Å²) in [7, 11) is 1.66. The van der Waals surface area contributed by atoms with Gasteiger partial charge in [-0.05, 0) is 17.2 Å². The number of likely N-dealkylation sites (N-methyl/N-ethyl adjacent to an activating group) is 1. The van der Waals surface area contributed by atoms with E-state index in [-0.39, 0.29) is 18.4 Å². The van der Waals surface area contributed by atoms with Crippen molar-refractivity contribution in [1.82, 2.24) is 20.1 Å². The van der Waals surface area contributed by atoms with Crippen molar-refractivity contribution in [3.63, 3.8) is 0 Å². The van der Waals surface area contributed by atoms with E-state index in [2.05, 4.69) is 10.3 Å². The number of hydrogen-bond donors (Lipinski definition) is 2. The number of H-pyrrole nitrogens is 1. The molecule has 1 aliphatic rings. The van der Waals surface area contributed by atoms with Crippen molar-refractivity contribution in [3.05, 3.63) is 71.9 Å². The van der Waals surface area contributed by atoms with Crippen LogP contribution in [0.25, 0.3) is 10.9 Å². The third-order valence-electron chi connectivity index (χ3n) is 5.19. The normalized spacial score (nSPS) is 16.3. The Labute approximate surface area is 168 Å². The number of urea groups is 1. The molecule has 7 nitrogen and oxygen atoms in total. The van der Waals surface area contributed by atoms with Gasteiger partial charge in [-0.15, -0.1) is 0 Å². The second kappa shape index (κ2) is 7.79. The zero-order valence-corrected chi connectivity index (χ0v) is 16.1. The number of aromatic amines is 1. The van der Waals surface area contributed by atoms with Gasteiger partial charge < -0.3 is 15.2 Å². The molecule has 2 heterocycles. The molecule has 0 radical (unpaired) electrons. The molecular formula is C22H22N4O3. The van der Waals surface area contributed by atoms with Gasteiger partial charge in [0.05, 0.1) is 0 Å². The maximum atomic E-state index is 12.8. The highest BCUT2D eigenvalue weighted by Gasteiger charge is 2.39. The molecule has 0 aliphatic carbocycles. The Bertz CT molecular complexity index is 1060. The first kappa shape index (κ1) is 18.7. The van der Waals surface area contributed by atoms with Crippen LogP contribution in [-0.4, -0.2) is 52.3 Å². The van der Waals surface area contributed by atoms with E-state index in [1.165, 1.54) is 4.90 Å². The SMILES string of the molecule is CN(Cc1ccccc1)C(=O)CN1C(=O)N[C@@H](Cc2c[nH]c3ccccc23)C1=O. The lowest BCUT2D eigenvalue weighted by Gasteiger charge is -2.20. The monoisotopic (exact) mass is 390 g/mol. The van der Waals surface area contributed by atoms with Crippen molar-refractivity contribution in [2.75, 3.05) is 13.6 Å². The zero-order valence-electron chi connectivity index (χ0n) is 16.1. The molecule has 0 bridgehead atoms. The Kier molecular flexibility index (Phi) is 5.03. The molecule has 4 rings (SSSR count). The summed E-state index contributed by atoms with van der Waals surface area (Å²) in [6.45, 7) is 0.153. The molecule has 0 spiro atoms. The van der Waals surface area contributed by atoms with Crippen LogP contribution in [0.4, 0.5) is 4.79 Å². The van der Waals surface area contributed by atoms with Gasteiger partial charge in [-0.3, -0.25) is 14.5 Å². The average molecular weight is 390 g/mol. The highest BCUT2D eigenvalue weighted by atomic mass is 16.2. The first-order valence-electron chi connectivity index (χ1n) is 9.47. The van der Waals surface area contributed by atoms with Crippen molar-refractivity contribution in [2.45, 2.75) is 19.0 Å². The van der Waals surface area contributed by atoms with Crippen LogP contribution in [0.1, 0.15) is 11.1 Å². The van der Waals surface area contributed by atoms with Gasteiger partial charge in [0.1, 0.15) is 12.6 Å². The van der Waals surface area contributed by atoms with Crippen molar-refractivity contribution < 1.29 is 14.4 Å². The fraction of sp³-hybridized carbons (Fsp3) is 0.227. The van der Waals surface area contributed by atoms with Crippen molar-refractivity contribution in [3.8, 4) is 0 Å². The number of amides is 4. The van der Waals surface area contributed by atoms with Gasteiger partial charge in [-0.2, -0.15) is 0 Å². The fourth-order valence-electron chi connectivity index (χ4n) is 3.59. The molecule has 1 aromatic heterocycles. The van der Waals surface area contributed by atoms with Crippen molar-refractivity contribution >= 4 is 28.7 Å². The second-order valence-electron chi connectivity index (χ2n) is 7.23. The first-order valence-corrected chi connectivity index (χ1v) is 9.47. The third kappa shape index (κ3) is 3.85. The van der Waals surface area contributed by atoms with Gasteiger partial charge >= 0.3 is 6.03 Å². The second-order valence-corrected chi connectivity index (χ2v) is 7.23. The summed E-state index contributed by atoms with van der Waals surface area (Å²) in [5.41, 5.74) is 2.92. The number of para-hydroxylation sites is 1. The van der Waals surface area contributed by atoms with Gasteiger partial charge in [0.25, 0.3) is 5.91 Å². The van der Waals surface area contributed by atoms with Gasteiger partial charge in [-0.1, -0.05) is 48.5 Å². The Morgan fingerprint density at radius 3 is 2.59 bits per heavy atom. The summed E-state index contributed by atoms with van der Waals surface area (Å²) < 4.78 is 0. The lowest BCUT2D eigenvalue weighted by atomic mass is 10.1. The lowest BCUT2D eigenvalue weighted by molar-refractivity contribution is -0.136. The van der Waals surface area contributed by atoms with Crippen LogP contribution in [0.2, 0.25) is 0 Å². The van der Waals surface area contributed by atoms with Crippen LogP contribution in [0.15, 0.2) is 60.8 Å². The maximum Gasteiger partial charge on any atom is 0.325 e. The summed E-state index contributed by atoms with van der Waals surface area (Å²) in [5, 5.41) is 3.72. The molecule has 1 aliphatic heterocycles. The van der Waals surface area contributed by atoms with E-state index in [4.69, 9.17) is 0 Å². The lowest BCUT2D eigenvalue weighted by Crippen LogP contribution is -2.41. The topological polar surface area (TPSA) is 85.5 Å². The quantitative estimate of drug-likeness (QED) is 0.633. The molecule has 3 aromatic rings. The molecule has 4 amide bonds. The molecule has 148 valence electrons. The number of hydrogen-bond acceptors (Lipinski definition) is 3. The summed E-state index contributed by atoms with van der Waals surface area (Å²) in [6.07, 6.45) is 2.23. The molecule has 0 saturated carbocycles. The molecular weight excluding hydrogens is 368 g/mol. The number of rotatable bonds is 6. The van der Waals surface area contributed by atoms with E-state index in [0.29, 0.717) is 13.0 Å². The summed E-state index contributed by atoms with van der Waals surface area (Å²) in [6, 6.07) is 16.2. The number of nitrogens with zero attached hydrogens (tertiary/aromatic N) is 2. The van der Waals surface area contributed by atoms with Crippen LogP contribution >= 0.6 is 0 Å². The molecule has 0 unspecified atom stereocenters. The maximum absolute atomic E-state index is 12.8. The van der Waals surface area contributed by atoms with E-state index >= 15 is 0 Å². The first-order chi connectivity index (χ1) is 14.0. The van der Waals surface area contributed by atoms with Crippen LogP contribution in [0, 0.1) is 0 Å². The van der Waals surface area contributed by atoms with Crippen LogP contribution in [-0.2, 0) is 22.6 Å². The average Bonchev–Trinajstić information content (AvgIpc) is 3.25. The number of aromatic nitrogens is 1. The number of nitrogens with one attached hydrogen (secondary N) is 2. The van der Waals surface area contributed by atoms with Crippen LogP contribution in [0.3, 0.4) is 0 Å². The standard InChI is InChI=1S/C22H22N4O3/c1-25(13-15-7-3-2-4-8-15)20(27)14-26-21(28)19(24-22(26)29)11-16-12-23-18-10-6-5-9-17(16)18/h2-10,12,19,23H,11,13-14H2,1H3,(H,24,29)/t19-/m0/s1. The minimum Gasteiger partial charge on any atom is -0.361 e.